The van der Waals surface area contributed by atoms with E-state index in [1.54, 1.807) is 11.3 Å². The van der Waals surface area contributed by atoms with E-state index < -0.39 is 5.97 Å². The molecule has 19 heavy (non-hydrogen) atoms. The van der Waals surface area contributed by atoms with Crippen LogP contribution in [0.1, 0.15) is 41.6 Å². The lowest BCUT2D eigenvalue weighted by atomic mass is 10.2. The minimum Gasteiger partial charge on any atom is -0.476 e. The lowest BCUT2D eigenvalue weighted by Gasteiger charge is -2.10. The molecule has 0 amide bonds. The summed E-state index contributed by atoms with van der Waals surface area (Å²) in [6.07, 6.45) is 1.54. The Balaban J connectivity index is 2.21. The van der Waals surface area contributed by atoms with Crippen molar-refractivity contribution in [3.8, 4) is 0 Å². The fourth-order valence-electron chi connectivity index (χ4n) is 1.56. The molecular formula is C13H15N3O2S. The monoisotopic (exact) mass is 277 g/mol. The van der Waals surface area contributed by atoms with Crippen molar-refractivity contribution in [3.63, 3.8) is 0 Å². The maximum Gasteiger partial charge on any atom is 0.356 e. The molecular weight excluding hydrogens is 262 g/mol. The number of aromatic nitrogens is 2. The summed E-state index contributed by atoms with van der Waals surface area (Å²) in [6, 6.07) is 1.99. The lowest BCUT2D eigenvalue weighted by Crippen LogP contribution is -2.12. The number of aromatic carboxylic acids is 1. The second kappa shape index (κ2) is 5.79. The Morgan fingerprint density at radius 2 is 2.32 bits per heavy atom. The van der Waals surface area contributed by atoms with Crippen molar-refractivity contribution in [2.75, 3.05) is 5.32 Å². The molecule has 2 aromatic heterocycles. The van der Waals surface area contributed by atoms with Gasteiger partial charge in [-0.05, 0) is 22.4 Å². The number of hydrogen-bond donors (Lipinski definition) is 2. The first-order valence-corrected chi connectivity index (χ1v) is 6.87. The fourth-order valence-corrected chi connectivity index (χ4v) is 2.23. The van der Waals surface area contributed by atoms with Crippen molar-refractivity contribution in [2.45, 2.75) is 26.3 Å². The Labute approximate surface area is 115 Å². The summed E-state index contributed by atoms with van der Waals surface area (Å²) in [7, 11) is 0. The molecule has 6 heteroatoms. The average Bonchev–Trinajstić information content (AvgIpc) is 2.89. The summed E-state index contributed by atoms with van der Waals surface area (Å²) >= 11 is 1.60. The molecule has 2 aromatic rings. The zero-order chi connectivity index (χ0) is 13.8. The second-order valence-electron chi connectivity index (χ2n) is 4.44. The molecule has 0 bridgehead atoms. The number of carboxylic acids is 1. The van der Waals surface area contributed by atoms with Gasteiger partial charge in [0, 0.05) is 12.5 Å². The fraction of sp³-hybridized carbons (Fsp3) is 0.308. The van der Waals surface area contributed by atoms with Crippen LogP contribution >= 0.6 is 11.3 Å². The summed E-state index contributed by atoms with van der Waals surface area (Å²) in [5.74, 6) is -0.403. The zero-order valence-electron chi connectivity index (χ0n) is 10.8. The molecule has 0 aromatic carbocycles. The van der Waals surface area contributed by atoms with E-state index in [-0.39, 0.29) is 11.6 Å². The molecule has 0 spiro atoms. The Hall–Kier alpha value is -1.95. The number of carboxylic acid groups (broad SMARTS) is 1. The molecule has 2 rings (SSSR count). The molecule has 2 heterocycles. The van der Waals surface area contributed by atoms with E-state index >= 15 is 0 Å². The molecule has 0 unspecified atom stereocenters. The minimum atomic E-state index is -1.04. The lowest BCUT2D eigenvalue weighted by molar-refractivity contribution is 0.0691. The average molecular weight is 277 g/mol. The van der Waals surface area contributed by atoms with E-state index in [2.05, 4.69) is 15.3 Å². The number of anilines is 1. The van der Waals surface area contributed by atoms with Gasteiger partial charge < -0.3 is 10.4 Å². The largest absolute Gasteiger partial charge is 0.476 e. The van der Waals surface area contributed by atoms with E-state index in [1.165, 1.54) is 6.20 Å². The zero-order valence-corrected chi connectivity index (χ0v) is 11.6. The van der Waals surface area contributed by atoms with E-state index in [1.807, 2.05) is 30.7 Å². The van der Waals surface area contributed by atoms with Crippen molar-refractivity contribution < 1.29 is 9.90 Å². The highest BCUT2D eigenvalue weighted by molar-refractivity contribution is 7.07. The highest BCUT2D eigenvalue weighted by Crippen LogP contribution is 2.17. The summed E-state index contributed by atoms with van der Waals surface area (Å²) in [6.45, 7) is 4.42. The molecule has 0 atom stereocenters. The van der Waals surface area contributed by atoms with Gasteiger partial charge >= 0.3 is 5.97 Å². The van der Waals surface area contributed by atoms with Crippen molar-refractivity contribution >= 4 is 23.0 Å². The van der Waals surface area contributed by atoms with Crippen LogP contribution in [0.4, 0.5) is 5.69 Å². The first kappa shape index (κ1) is 13.5. The highest BCUT2D eigenvalue weighted by atomic mass is 32.1. The number of thiophene rings is 1. The molecule has 0 saturated heterocycles. The number of hydrogen-bond acceptors (Lipinski definition) is 5. The summed E-state index contributed by atoms with van der Waals surface area (Å²) in [4.78, 5) is 19.5. The molecule has 5 nitrogen and oxygen atoms in total. The third-order valence-electron chi connectivity index (χ3n) is 2.59. The summed E-state index contributed by atoms with van der Waals surface area (Å²) < 4.78 is 0. The van der Waals surface area contributed by atoms with Gasteiger partial charge in [-0.2, -0.15) is 11.3 Å². The van der Waals surface area contributed by atoms with Crippen molar-refractivity contribution in [1.29, 1.82) is 0 Å². The topological polar surface area (TPSA) is 75.1 Å². The molecule has 0 radical (unpaired) electrons. The van der Waals surface area contributed by atoms with Crippen LogP contribution in [0.3, 0.4) is 0 Å². The van der Waals surface area contributed by atoms with Gasteiger partial charge in [0.1, 0.15) is 5.82 Å². The standard InChI is InChI=1S/C13H15N3O2S/c1-8(2)12-15-6-10(11(16-12)13(17)18)14-5-9-3-4-19-7-9/h3-4,6-8,14H,5H2,1-2H3,(H,17,18). The predicted molar refractivity (Wildman–Crippen MR) is 74.7 cm³/mol. The SMILES string of the molecule is CC(C)c1ncc(NCc2ccsc2)c(C(=O)O)n1. The van der Waals surface area contributed by atoms with Gasteiger partial charge in [0.25, 0.3) is 0 Å². The smallest absolute Gasteiger partial charge is 0.356 e. The maximum atomic E-state index is 11.2. The molecule has 100 valence electrons. The molecule has 0 aliphatic heterocycles. The molecule has 2 N–H and O–H groups in total. The minimum absolute atomic E-state index is 0.0222. The Kier molecular flexibility index (Phi) is 4.11. The Morgan fingerprint density at radius 1 is 1.53 bits per heavy atom. The normalized spacial score (nSPS) is 10.7. The van der Waals surface area contributed by atoms with Crippen LogP contribution in [-0.2, 0) is 6.54 Å². The third kappa shape index (κ3) is 3.29. The highest BCUT2D eigenvalue weighted by Gasteiger charge is 2.15. The van der Waals surface area contributed by atoms with Crippen LogP contribution < -0.4 is 5.32 Å². The first-order chi connectivity index (χ1) is 9.08. The van der Waals surface area contributed by atoms with Crippen molar-refractivity contribution in [2.24, 2.45) is 0 Å². The van der Waals surface area contributed by atoms with E-state index in [9.17, 15) is 9.90 Å². The summed E-state index contributed by atoms with van der Waals surface area (Å²) in [5.41, 5.74) is 1.58. The third-order valence-corrected chi connectivity index (χ3v) is 3.32. The van der Waals surface area contributed by atoms with Crippen LogP contribution in [0.15, 0.2) is 23.0 Å². The van der Waals surface area contributed by atoms with Gasteiger partial charge in [-0.15, -0.1) is 0 Å². The second-order valence-corrected chi connectivity index (χ2v) is 5.22. The van der Waals surface area contributed by atoms with Crippen molar-refractivity contribution in [1.82, 2.24) is 9.97 Å². The van der Waals surface area contributed by atoms with Crippen LogP contribution in [0.2, 0.25) is 0 Å². The maximum absolute atomic E-state index is 11.2. The van der Waals surface area contributed by atoms with Crippen LogP contribution in [-0.4, -0.2) is 21.0 Å². The van der Waals surface area contributed by atoms with Gasteiger partial charge in [-0.3, -0.25) is 0 Å². The number of rotatable bonds is 5. The van der Waals surface area contributed by atoms with E-state index in [0.29, 0.717) is 18.1 Å². The van der Waals surface area contributed by atoms with Crippen molar-refractivity contribution in [3.05, 3.63) is 40.1 Å². The molecule has 0 aliphatic rings. The Morgan fingerprint density at radius 3 is 2.89 bits per heavy atom. The quantitative estimate of drug-likeness (QED) is 0.878. The van der Waals surface area contributed by atoms with Gasteiger partial charge in [0.2, 0.25) is 0 Å². The van der Waals surface area contributed by atoms with Gasteiger partial charge in [0.15, 0.2) is 5.69 Å². The van der Waals surface area contributed by atoms with Crippen LogP contribution in [0.5, 0.6) is 0 Å². The van der Waals surface area contributed by atoms with E-state index in [0.717, 1.165) is 5.56 Å². The predicted octanol–water partition coefficient (Wildman–Crippen LogP) is 2.97. The molecule has 0 fully saturated rings. The molecule has 0 aliphatic carbocycles. The molecule has 0 saturated carbocycles. The Bertz CT molecular complexity index is 567. The van der Waals surface area contributed by atoms with E-state index in [4.69, 9.17) is 0 Å². The number of carbonyl (C=O) groups is 1. The number of nitrogens with zero attached hydrogens (tertiary/aromatic N) is 2. The van der Waals surface area contributed by atoms with Gasteiger partial charge in [-0.25, -0.2) is 14.8 Å². The number of nitrogens with one attached hydrogen (secondary N) is 1. The summed E-state index contributed by atoms with van der Waals surface area (Å²) in [5, 5.41) is 16.3. The van der Waals surface area contributed by atoms with Gasteiger partial charge in [0.05, 0.1) is 11.9 Å². The van der Waals surface area contributed by atoms with Crippen LogP contribution in [0, 0.1) is 0 Å². The van der Waals surface area contributed by atoms with Crippen LogP contribution in [0.25, 0.3) is 0 Å². The first-order valence-electron chi connectivity index (χ1n) is 5.93. The van der Waals surface area contributed by atoms with Gasteiger partial charge in [-0.1, -0.05) is 13.8 Å².